The van der Waals surface area contributed by atoms with Crippen LogP contribution in [0.15, 0.2) is 0 Å². The first-order valence-corrected chi connectivity index (χ1v) is 6.64. The van der Waals surface area contributed by atoms with E-state index in [-0.39, 0.29) is 5.54 Å². The van der Waals surface area contributed by atoms with Gasteiger partial charge >= 0.3 is 0 Å². The molecule has 2 atom stereocenters. The summed E-state index contributed by atoms with van der Waals surface area (Å²) in [6.07, 6.45) is 4.14. The van der Waals surface area contributed by atoms with Gasteiger partial charge in [0, 0.05) is 11.4 Å². The average Bonchev–Trinajstić information content (AvgIpc) is 2.25. The Bertz CT molecular complexity index is 297. The van der Waals surface area contributed by atoms with Crippen molar-refractivity contribution < 1.29 is 9.90 Å². The van der Waals surface area contributed by atoms with E-state index in [1.54, 1.807) is 0 Å². The van der Waals surface area contributed by atoms with Crippen molar-refractivity contribution in [1.82, 2.24) is 5.32 Å². The second-order valence-electron chi connectivity index (χ2n) is 5.79. The van der Waals surface area contributed by atoms with E-state index < -0.39 is 22.9 Å². The fourth-order valence-corrected chi connectivity index (χ4v) is 2.00. The van der Waals surface area contributed by atoms with Crippen LogP contribution < -0.4 is 5.32 Å². The van der Waals surface area contributed by atoms with Crippen molar-refractivity contribution in [3.8, 4) is 0 Å². The molecule has 2 unspecified atom stereocenters. The van der Waals surface area contributed by atoms with Gasteiger partial charge in [-0.1, -0.05) is 37.3 Å². The summed E-state index contributed by atoms with van der Waals surface area (Å²) in [7, 11) is 23.0. The van der Waals surface area contributed by atoms with Crippen LogP contribution in [0.4, 0.5) is 0 Å². The molecule has 0 rings (SSSR count). The van der Waals surface area contributed by atoms with Crippen molar-refractivity contribution in [3.63, 3.8) is 0 Å². The van der Waals surface area contributed by atoms with Gasteiger partial charge in [0.05, 0.1) is 31.4 Å². The van der Waals surface area contributed by atoms with Gasteiger partial charge in [-0.05, 0) is 20.3 Å². The Morgan fingerprint density at radius 3 is 2.21 bits per heavy atom. The van der Waals surface area contributed by atoms with E-state index in [0.717, 1.165) is 25.7 Å². The third-order valence-corrected chi connectivity index (χ3v) is 3.18. The second-order valence-corrected chi connectivity index (χ2v) is 5.79. The SMILES string of the molecule is [B]C(C(=O)O)C([B])C([B])([B])NC(C)(C)CCCCC. The molecule has 0 aliphatic heterocycles. The number of carboxylic acid groups (broad SMARTS) is 1. The van der Waals surface area contributed by atoms with Crippen LogP contribution in [-0.2, 0) is 4.79 Å². The molecule has 0 amide bonds. The second kappa shape index (κ2) is 7.47. The van der Waals surface area contributed by atoms with E-state index in [4.69, 9.17) is 36.5 Å². The quantitative estimate of drug-likeness (QED) is 0.475. The molecule has 98 valence electrons. The highest BCUT2D eigenvalue weighted by atomic mass is 16.4. The predicted octanol–water partition coefficient (Wildman–Crippen LogP) is 0.924. The normalized spacial score (nSPS) is 15.9. The Labute approximate surface area is 122 Å². The summed E-state index contributed by atoms with van der Waals surface area (Å²) in [5, 5.41) is 10.3. The molecule has 0 aromatic rings. The number of carbonyl (C=O) groups is 1. The number of hydrogen-bond acceptors (Lipinski definition) is 2. The van der Waals surface area contributed by atoms with Gasteiger partial charge in [-0.2, -0.15) is 0 Å². The summed E-state index contributed by atoms with van der Waals surface area (Å²) in [6.45, 7) is 6.03. The molecular weight excluding hydrogens is 233 g/mol. The maximum absolute atomic E-state index is 10.8. The molecule has 0 aliphatic carbocycles. The van der Waals surface area contributed by atoms with Gasteiger partial charge in [0.1, 0.15) is 0 Å². The first-order valence-electron chi connectivity index (χ1n) is 6.64. The van der Waals surface area contributed by atoms with Crippen LogP contribution >= 0.6 is 0 Å². The maximum atomic E-state index is 10.8. The monoisotopic (exact) mass is 255 g/mol. The zero-order chi connectivity index (χ0) is 15.3. The number of rotatable bonds is 9. The van der Waals surface area contributed by atoms with Crippen LogP contribution in [0.25, 0.3) is 0 Å². The molecule has 0 spiro atoms. The van der Waals surface area contributed by atoms with Crippen LogP contribution in [0.2, 0.25) is 11.6 Å². The number of aliphatic carboxylic acids is 1. The summed E-state index contributed by atoms with van der Waals surface area (Å²) in [4.78, 5) is 10.8. The van der Waals surface area contributed by atoms with Crippen molar-refractivity contribution in [2.45, 2.75) is 69.0 Å². The lowest BCUT2D eigenvalue weighted by atomic mass is 9.43. The fraction of sp³-hybridized carbons (Fsp3) is 0.917. The van der Waals surface area contributed by atoms with Gasteiger partial charge in [-0.25, -0.2) is 0 Å². The zero-order valence-corrected chi connectivity index (χ0v) is 12.1. The molecule has 0 saturated heterocycles. The smallest absolute Gasteiger partial charge is 0.297 e. The first-order chi connectivity index (χ1) is 8.53. The Morgan fingerprint density at radius 2 is 1.79 bits per heavy atom. The lowest BCUT2D eigenvalue weighted by Crippen LogP contribution is -2.60. The molecule has 0 fully saturated rings. The van der Waals surface area contributed by atoms with Gasteiger partial charge in [0.25, 0.3) is 5.97 Å². The van der Waals surface area contributed by atoms with Crippen LogP contribution in [0, 0.1) is 0 Å². The maximum Gasteiger partial charge on any atom is 0.297 e. The zero-order valence-electron chi connectivity index (χ0n) is 12.1. The highest BCUT2D eigenvalue weighted by molar-refractivity contribution is 6.46. The van der Waals surface area contributed by atoms with Crippen LogP contribution in [0.1, 0.15) is 46.5 Å². The van der Waals surface area contributed by atoms with Gasteiger partial charge in [-0.15, -0.1) is 0 Å². The van der Waals surface area contributed by atoms with Crippen molar-refractivity contribution in [1.29, 1.82) is 0 Å². The van der Waals surface area contributed by atoms with E-state index >= 15 is 0 Å². The fourth-order valence-electron chi connectivity index (χ4n) is 2.00. The molecule has 0 heterocycles. The lowest BCUT2D eigenvalue weighted by molar-refractivity contribution is -0.137. The van der Waals surface area contributed by atoms with Crippen molar-refractivity contribution in [3.05, 3.63) is 0 Å². The third-order valence-electron chi connectivity index (χ3n) is 3.18. The predicted molar refractivity (Wildman–Crippen MR) is 82.2 cm³/mol. The highest BCUT2D eigenvalue weighted by Crippen LogP contribution is 2.29. The number of carboxylic acids is 1. The molecule has 8 radical (unpaired) electrons. The number of unbranched alkanes of at least 4 members (excludes halogenated alkanes) is 2. The molecule has 19 heavy (non-hydrogen) atoms. The summed E-state index contributed by atoms with van der Waals surface area (Å²) in [5.41, 5.74) is -0.339. The topological polar surface area (TPSA) is 49.3 Å². The minimum Gasteiger partial charge on any atom is -0.482 e. The van der Waals surface area contributed by atoms with E-state index in [0.29, 0.717) is 0 Å². The molecule has 3 nitrogen and oxygen atoms in total. The minimum absolute atomic E-state index is 0.339. The van der Waals surface area contributed by atoms with Crippen molar-refractivity contribution >= 4 is 37.4 Å². The number of hydrogen-bond donors (Lipinski definition) is 2. The van der Waals surface area contributed by atoms with E-state index in [1.807, 2.05) is 13.8 Å². The largest absolute Gasteiger partial charge is 0.482 e. The minimum atomic E-state index is -1.53. The molecule has 0 aromatic heterocycles. The molecule has 7 heteroatoms. The summed E-state index contributed by atoms with van der Waals surface area (Å²) < 4.78 is 0. The summed E-state index contributed by atoms with van der Waals surface area (Å²) in [5.74, 6) is -3.62. The van der Waals surface area contributed by atoms with Crippen LogP contribution in [-0.4, -0.2) is 53.3 Å². The van der Waals surface area contributed by atoms with E-state index in [1.165, 1.54) is 0 Å². The van der Waals surface area contributed by atoms with Crippen molar-refractivity contribution in [2.24, 2.45) is 0 Å². The van der Waals surface area contributed by atoms with E-state index in [9.17, 15) is 4.79 Å². The third kappa shape index (κ3) is 6.60. The standard InChI is InChI=1S/C12H21B4NO2/c1-4-5-6-7-11(2,3)17-12(15,16)9(14)8(13)10(18)19/h8-9,17H,4-7H2,1-3H3,(H,18,19). The first kappa shape index (κ1) is 18.7. The molecule has 2 N–H and O–H groups in total. The molecule has 0 aliphatic rings. The summed E-state index contributed by atoms with van der Waals surface area (Å²) in [6, 6.07) is 0. The molecular formula is C12H21B4NO2. The van der Waals surface area contributed by atoms with Gasteiger partial charge in [0.2, 0.25) is 0 Å². The van der Waals surface area contributed by atoms with E-state index in [2.05, 4.69) is 12.2 Å². The molecule has 0 bridgehead atoms. The Kier molecular flexibility index (Phi) is 7.34. The molecule has 0 aromatic carbocycles. The Morgan fingerprint density at radius 1 is 1.26 bits per heavy atom. The lowest BCUT2D eigenvalue weighted by Gasteiger charge is -2.44. The van der Waals surface area contributed by atoms with Crippen molar-refractivity contribution in [2.75, 3.05) is 0 Å². The van der Waals surface area contributed by atoms with Gasteiger partial charge < -0.3 is 10.4 Å². The Balaban J connectivity index is 4.60. The van der Waals surface area contributed by atoms with Gasteiger partial charge in [-0.3, -0.25) is 4.79 Å². The van der Waals surface area contributed by atoms with Crippen LogP contribution in [0.5, 0.6) is 0 Å². The van der Waals surface area contributed by atoms with Gasteiger partial charge in [0.15, 0.2) is 0 Å². The summed E-state index contributed by atoms with van der Waals surface area (Å²) >= 11 is 0. The van der Waals surface area contributed by atoms with Crippen LogP contribution in [0.3, 0.4) is 0 Å². The highest BCUT2D eigenvalue weighted by Gasteiger charge is 2.35. The number of nitrogens with one attached hydrogen (secondary N) is 1. The Hall–Kier alpha value is -0.310. The molecule has 0 saturated carbocycles. The average molecular weight is 255 g/mol.